The molecule has 0 aromatic carbocycles. The molecule has 1 aromatic rings. The molecule has 126 valence electrons. The Morgan fingerprint density at radius 3 is 2.96 bits per heavy atom. The highest BCUT2D eigenvalue weighted by Crippen LogP contribution is 2.26. The van der Waals surface area contributed by atoms with E-state index in [1.54, 1.807) is 0 Å². The second-order valence-electron chi connectivity index (χ2n) is 6.23. The first kappa shape index (κ1) is 15.8. The molecule has 3 rings (SSSR count). The van der Waals surface area contributed by atoms with Crippen LogP contribution in [0, 0.1) is 0 Å². The van der Waals surface area contributed by atoms with Crippen LogP contribution >= 0.6 is 0 Å². The first-order chi connectivity index (χ1) is 11.2. The molecule has 2 aliphatic rings. The van der Waals surface area contributed by atoms with Crippen molar-refractivity contribution in [3.63, 3.8) is 0 Å². The van der Waals surface area contributed by atoms with Gasteiger partial charge in [-0.2, -0.15) is 5.10 Å². The quantitative estimate of drug-likeness (QED) is 0.886. The van der Waals surface area contributed by atoms with Crippen LogP contribution < -0.4 is 5.32 Å². The number of likely N-dealkylation sites (tertiary alicyclic amines) is 1. The molecule has 0 bridgehead atoms. The Balaban J connectivity index is 1.73. The number of alkyl carbamates (subject to hydrolysis) is 1. The number of aromatic nitrogens is 2. The maximum absolute atomic E-state index is 12.9. The average molecular weight is 320 g/mol. The van der Waals surface area contributed by atoms with Gasteiger partial charge < -0.3 is 15.0 Å². The number of rotatable bonds is 3. The Hall–Kier alpha value is -2.05. The highest BCUT2D eigenvalue weighted by molar-refractivity contribution is 5.94. The summed E-state index contributed by atoms with van der Waals surface area (Å²) in [5.74, 6) is -0.0328. The number of hydrogen-bond donors (Lipinski definition) is 2. The Morgan fingerprint density at radius 2 is 2.13 bits per heavy atom. The molecule has 1 saturated heterocycles. The lowest BCUT2D eigenvalue weighted by Crippen LogP contribution is -2.47. The minimum Gasteiger partial charge on any atom is -0.447 e. The van der Waals surface area contributed by atoms with Crippen molar-refractivity contribution < 1.29 is 14.3 Å². The standard InChI is InChI=1S/C16H24N4O3/c1-17-16(22)23-10-11-6-4-5-9-20(11)15(21)14-12-7-2-3-8-13(12)18-19-14/h11H,2-10H2,1H3,(H,17,22)(H,18,19)/t11-/m1/s1. The van der Waals surface area contributed by atoms with Crippen LogP contribution in [0.25, 0.3) is 0 Å². The van der Waals surface area contributed by atoms with Gasteiger partial charge in [-0.15, -0.1) is 0 Å². The van der Waals surface area contributed by atoms with Crippen molar-refractivity contribution >= 4 is 12.0 Å². The summed E-state index contributed by atoms with van der Waals surface area (Å²) in [6, 6.07) is -0.0653. The zero-order chi connectivity index (χ0) is 16.2. The highest BCUT2D eigenvalue weighted by Gasteiger charge is 2.32. The molecular weight excluding hydrogens is 296 g/mol. The van der Waals surface area contributed by atoms with E-state index in [0.29, 0.717) is 12.2 Å². The van der Waals surface area contributed by atoms with Crippen LogP contribution in [0.15, 0.2) is 0 Å². The van der Waals surface area contributed by atoms with Crippen molar-refractivity contribution in [3.05, 3.63) is 17.0 Å². The fraction of sp³-hybridized carbons (Fsp3) is 0.688. The van der Waals surface area contributed by atoms with Crippen molar-refractivity contribution in [2.24, 2.45) is 0 Å². The van der Waals surface area contributed by atoms with Gasteiger partial charge >= 0.3 is 6.09 Å². The number of amides is 2. The van der Waals surface area contributed by atoms with Gasteiger partial charge in [0.2, 0.25) is 0 Å². The fourth-order valence-corrected chi connectivity index (χ4v) is 3.48. The number of nitrogens with one attached hydrogen (secondary N) is 2. The zero-order valence-electron chi connectivity index (χ0n) is 13.6. The second kappa shape index (κ2) is 7.02. The lowest BCUT2D eigenvalue weighted by Gasteiger charge is -2.35. The largest absolute Gasteiger partial charge is 0.447 e. The third-order valence-corrected chi connectivity index (χ3v) is 4.76. The summed E-state index contributed by atoms with van der Waals surface area (Å²) in [5, 5.41) is 9.75. The first-order valence-electron chi connectivity index (χ1n) is 8.42. The van der Waals surface area contributed by atoms with E-state index in [1.165, 1.54) is 7.05 Å². The van der Waals surface area contributed by atoms with E-state index in [4.69, 9.17) is 4.74 Å². The Labute approximate surface area is 135 Å². The summed E-state index contributed by atoms with van der Waals surface area (Å²) in [6.45, 7) is 0.931. The molecule has 7 nitrogen and oxygen atoms in total. The molecule has 2 N–H and O–H groups in total. The topological polar surface area (TPSA) is 87.3 Å². The Bertz CT molecular complexity index is 584. The number of aryl methyl sites for hydroxylation is 1. The number of H-pyrrole nitrogens is 1. The molecule has 2 amide bonds. The minimum atomic E-state index is -0.458. The van der Waals surface area contributed by atoms with Crippen LogP contribution in [0.1, 0.15) is 53.8 Å². The van der Waals surface area contributed by atoms with E-state index in [9.17, 15) is 9.59 Å². The van der Waals surface area contributed by atoms with E-state index in [-0.39, 0.29) is 18.6 Å². The molecule has 0 saturated carbocycles. The molecule has 7 heteroatoms. The van der Waals surface area contributed by atoms with Crippen LogP contribution in [-0.2, 0) is 17.6 Å². The van der Waals surface area contributed by atoms with E-state index >= 15 is 0 Å². The van der Waals surface area contributed by atoms with Gasteiger partial charge in [0.25, 0.3) is 5.91 Å². The minimum absolute atomic E-state index is 0.0328. The van der Waals surface area contributed by atoms with Gasteiger partial charge in [0.15, 0.2) is 5.69 Å². The number of fused-ring (bicyclic) bond motifs is 1. The fourth-order valence-electron chi connectivity index (χ4n) is 3.48. The number of carbonyl (C=O) groups excluding carboxylic acids is 2. The van der Waals surface area contributed by atoms with E-state index in [0.717, 1.165) is 56.2 Å². The van der Waals surface area contributed by atoms with Crippen LogP contribution in [0.3, 0.4) is 0 Å². The number of aromatic amines is 1. The maximum Gasteiger partial charge on any atom is 0.406 e. The average Bonchev–Trinajstić information content (AvgIpc) is 3.03. The first-order valence-corrected chi connectivity index (χ1v) is 8.42. The van der Waals surface area contributed by atoms with E-state index in [1.807, 2.05) is 4.90 Å². The SMILES string of the molecule is CNC(=O)OC[C@H]1CCCCN1C(=O)c1n[nH]c2c1CCCC2. The van der Waals surface area contributed by atoms with Crippen molar-refractivity contribution in [1.29, 1.82) is 0 Å². The number of piperidine rings is 1. The summed E-state index contributed by atoms with van der Waals surface area (Å²) in [4.78, 5) is 26.1. The summed E-state index contributed by atoms with van der Waals surface area (Å²) in [6.07, 6.45) is 6.57. The summed E-state index contributed by atoms with van der Waals surface area (Å²) < 4.78 is 5.17. The van der Waals surface area contributed by atoms with E-state index in [2.05, 4.69) is 15.5 Å². The molecule has 23 heavy (non-hydrogen) atoms. The van der Waals surface area contributed by atoms with Gasteiger partial charge in [0.05, 0.1) is 6.04 Å². The van der Waals surface area contributed by atoms with Crippen molar-refractivity contribution in [3.8, 4) is 0 Å². The molecule has 1 atom stereocenters. The number of ether oxygens (including phenoxy) is 1. The molecule has 0 radical (unpaired) electrons. The number of hydrogen-bond acceptors (Lipinski definition) is 4. The van der Waals surface area contributed by atoms with Gasteiger partial charge in [-0.05, 0) is 44.9 Å². The predicted octanol–water partition coefficient (Wildman–Crippen LogP) is 1.64. The van der Waals surface area contributed by atoms with Crippen LogP contribution in [0.2, 0.25) is 0 Å². The zero-order valence-corrected chi connectivity index (χ0v) is 13.6. The van der Waals surface area contributed by atoms with Gasteiger partial charge in [0.1, 0.15) is 6.61 Å². The number of nitrogens with zero attached hydrogens (tertiary/aromatic N) is 2. The van der Waals surface area contributed by atoms with Crippen molar-refractivity contribution in [1.82, 2.24) is 20.4 Å². The third-order valence-electron chi connectivity index (χ3n) is 4.76. The lowest BCUT2D eigenvalue weighted by atomic mass is 9.95. The normalized spacial score (nSPS) is 20.7. The molecule has 0 unspecified atom stereocenters. The lowest BCUT2D eigenvalue weighted by molar-refractivity contribution is 0.0445. The van der Waals surface area contributed by atoms with Crippen molar-refractivity contribution in [2.45, 2.75) is 51.0 Å². The van der Waals surface area contributed by atoms with Crippen LogP contribution in [0.5, 0.6) is 0 Å². The van der Waals surface area contributed by atoms with Crippen LogP contribution in [0.4, 0.5) is 4.79 Å². The maximum atomic E-state index is 12.9. The molecular formula is C16H24N4O3. The molecule has 1 aliphatic carbocycles. The summed E-state index contributed by atoms with van der Waals surface area (Å²) in [7, 11) is 1.53. The predicted molar refractivity (Wildman–Crippen MR) is 84.3 cm³/mol. The second-order valence-corrected chi connectivity index (χ2v) is 6.23. The van der Waals surface area contributed by atoms with Gasteiger partial charge in [-0.3, -0.25) is 9.89 Å². The monoisotopic (exact) mass is 320 g/mol. The smallest absolute Gasteiger partial charge is 0.406 e. The molecule has 2 heterocycles. The van der Waals surface area contributed by atoms with Gasteiger partial charge in [0, 0.05) is 24.8 Å². The Kier molecular flexibility index (Phi) is 4.83. The number of carbonyl (C=O) groups is 2. The molecule has 1 aromatic heterocycles. The molecule has 1 aliphatic heterocycles. The van der Waals surface area contributed by atoms with Crippen LogP contribution in [-0.4, -0.2) is 53.3 Å². The van der Waals surface area contributed by atoms with Crippen molar-refractivity contribution in [2.75, 3.05) is 20.2 Å². The summed E-state index contributed by atoms with van der Waals surface area (Å²) in [5.41, 5.74) is 2.75. The van der Waals surface area contributed by atoms with Gasteiger partial charge in [-0.25, -0.2) is 4.79 Å². The van der Waals surface area contributed by atoms with E-state index < -0.39 is 6.09 Å². The van der Waals surface area contributed by atoms with Gasteiger partial charge in [-0.1, -0.05) is 0 Å². The highest BCUT2D eigenvalue weighted by atomic mass is 16.5. The molecule has 1 fully saturated rings. The molecule has 0 spiro atoms. The Morgan fingerprint density at radius 1 is 1.30 bits per heavy atom. The summed E-state index contributed by atoms with van der Waals surface area (Å²) >= 11 is 0. The third kappa shape index (κ3) is 3.33.